The second-order valence-electron chi connectivity index (χ2n) is 3.41. The van der Waals surface area contributed by atoms with Gasteiger partial charge in [-0.15, -0.1) is 11.8 Å². The highest BCUT2D eigenvalue weighted by Gasteiger charge is 2.04. The first-order valence-electron chi connectivity index (χ1n) is 5.20. The Labute approximate surface area is 118 Å². The molecule has 0 amide bonds. The summed E-state index contributed by atoms with van der Waals surface area (Å²) in [6.07, 6.45) is 3.71. The third-order valence-electron chi connectivity index (χ3n) is 2.23. The predicted molar refractivity (Wildman–Crippen MR) is 77.8 cm³/mol. The number of nitrogens with zero attached hydrogens (tertiary/aromatic N) is 2. The SMILES string of the molecule is COc1cccc(Nc2ncc(Br)c(SC)n2)c1. The maximum absolute atomic E-state index is 5.16. The van der Waals surface area contributed by atoms with Gasteiger partial charge in [0.1, 0.15) is 10.8 Å². The van der Waals surface area contributed by atoms with E-state index in [1.54, 1.807) is 25.1 Å². The normalized spacial score (nSPS) is 10.2. The predicted octanol–water partition coefficient (Wildman–Crippen LogP) is 3.71. The van der Waals surface area contributed by atoms with Crippen molar-refractivity contribution in [2.75, 3.05) is 18.7 Å². The van der Waals surface area contributed by atoms with Crippen LogP contribution in [0, 0.1) is 0 Å². The molecule has 0 saturated heterocycles. The molecule has 18 heavy (non-hydrogen) atoms. The topological polar surface area (TPSA) is 47.0 Å². The minimum Gasteiger partial charge on any atom is -0.497 e. The molecule has 0 bridgehead atoms. The maximum Gasteiger partial charge on any atom is 0.228 e. The number of nitrogens with one attached hydrogen (secondary N) is 1. The minimum atomic E-state index is 0.566. The van der Waals surface area contributed by atoms with E-state index in [0.717, 1.165) is 20.9 Å². The number of hydrogen-bond donors (Lipinski definition) is 1. The van der Waals surface area contributed by atoms with Gasteiger partial charge in [0.25, 0.3) is 0 Å². The molecule has 0 aliphatic heterocycles. The second-order valence-corrected chi connectivity index (χ2v) is 5.06. The molecule has 2 aromatic rings. The molecule has 6 heteroatoms. The third-order valence-corrected chi connectivity index (χ3v) is 3.77. The average Bonchev–Trinajstić information content (AvgIpc) is 2.41. The van der Waals surface area contributed by atoms with Crippen molar-refractivity contribution in [1.29, 1.82) is 0 Å². The summed E-state index contributed by atoms with van der Waals surface area (Å²) < 4.78 is 6.06. The molecule has 0 radical (unpaired) electrons. The zero-order valence-electron chi connectivity index (χ0n) is 9.98. The van der Waals surface area contributed by atoms with Crippen LogP contribution in [0.2, 0.25) is 0 Å². The van der Waals surface area contributed by atoms with Gasteiger partial charge in [-0.05, 0) is 34.3 Å². The smallest absolute Gasteiger partial charge is 0.228 e. The highest BCUT2D eigenvalue weighted by atomic mass is 79.9. The van der Waals surface area contributed by atoms with E-state index in [4.69, 9.17) is 4.74 Å². The summed E-state index contributed by atoms with van der Waals surface area (Å²) >= 11 is 4.97. The third kappa shape index (κ3) is 3.14. The highest BCUT2D eigenvalue weighted by Crippen LogP contribution is 2.25. The van der Waals surface area contributed by atoms with Gasteiger partial charge in [-0.2, -0.15) is 0 Å². The highest BCUT2D eigenvalue weighted by molar-refractivity contribution is 9.10. The van der Waals surface area contributed by atoms with Crippen LogP contribution in [0.15, 0.2) is 40.0 Å². The van der Waals surface area contributed by atoms with Crippen molar-refractivity contribution in [2.45, 2.75) is 5.03 Å². The largest absolute Gasteiger partial charge is 0.497 e. The minimum absolute atomic E-state index is 0.566. The Morgan fingerprint density at radius 1 is 1.39 bits per heavy atom. The Hall–Kier alpha value is -1.27. The number of hydrogen-bond acceptors (Lipinski definition) is 5. The lowest BCUT2D eigenvalue weighted by atomic mass is 10.3. The number of rotatable bonds is 4. The van der Waals surface area contributed by atoms with Gasteiger partial charge < -0.3 is 10.1 Å². The van der Waals surface area contributed by atoms with Crippen molar-refractivity contribution in [2.24, 2.45) is 0 Å². The summed E-state index contributed by atoms with van der Waals surface area (Å²) in [6, 6.07) is 7.63. The van der Waals surface area contributed by atoms with Crippen LogP contribution < -0.4 is 10.1 Å². The molecular weight excluding hydrogens is 314 g/mol. The van der Waals surface area contributed by atoms with Crippen molar-refractivity contribution in [3.05, 3.63) is 34.9 Å². The first-order chi connectivity index (χ1) is 8.72. The number of ether oxygens (including phenoxy) is 1. The summed E-state index contributed by atoms with van der Waals surface area (Å²) in [5.74, 6) is 1.36. The van der Waals surface area contributed by atoms with Crippen LogP contribution in [0.25, 0.3) is 0 Å². The van der Waals surface area contributed by atoms with Crippen molar-refractivity contribution in [3.63, 3.8) is 0 Å². The van der Waals surface area contributed by atoms with Gasteiger partial charge in [0.05, 0.1) is 11.6 Å². The lowest BCUT2D eigenvalue weighted by Crippen LogP contribution is -1.98. The van der Waals surface area contributed by atoms with E-state index in [1.807, 2.05) is 30.5 Å². The lowest BCUT2D eigenvalue weighted by Gasteiger charge is -2.08. The van der Waals surface area contributed by atoms with Gasteiger partial charge in [0.15, 0.2) is 0 Å². The van der Waals surface area contributed by atoms with E-state index < -0.39 is 0 Å². The number of methoxy groups -OCH3 is 1. The Bertz CT molecular complexity index is 551. The van der Waals surface area contributed by atoms with E-state index >= 15 is 0 Å². The quantitative estimate of drug-likeness (QED) is 0.685. The molecule has 94 valence electrons. The molecule has 1 heterocycles. The van der Waals surface area contributed by atoms with E-state index in [1.165, 1.54) is 0 Å². The van der Waals surface area contributed by atoms with Crippen LogP contribution in [0.1, 0.15) is 0 Å². The van der Waals surface area contributed by atoms with Crippen molar-refractivity contribution in [1.82, 2.24) is 9.97 Å². The number of benzene rings is 1. The molecule has 4 nitrogen and oxygen atoms in total. The van der Waals surface area contributed by atoms with Crippen LogP contribution >= 0.6 is 27.7 Å². The van der Waals surface area contributed by atoms with Gasteiger partial charge in [-0.1, -0.05) is 6.07 Å². The van der Waals surface area contributed by atoms with Crippen molar-refractivity contribution >= 4 is 39.3 Å². The number of aromatic nitrogens is 2. The van der Waals surface area contributed by atoms with Crippen LogP contribution in [-0.4, -0.2) is 23.3 Å². The molecule has 0 spiro atoms. The molecule has 0 aliphatic carbocycles. The number of anilines is 2. The molecule has 2 rings (SSSR count). The zero-order valence-corrected chi connectivity index (χ0v) is 12.4. The molecule has 0 aliphatic rings. The van der Waals surface area contributed by atoms with Crippen LogP contribution in [0.5, 0.6) is 5.75 Å². The van der Waals surface area contributed by atoms with Crippen molar-refractivity contribution in [3.8, 4) is 5.75 Å². The van der Waals surface area contributed by atoms with Gasteiger partial charge in [0, 0.05) is 18.0 Å². The molecular formula is C12H12BrN3OS. The van der Waals surface area contributed by atoms with Crippen LogP contribution in [0.4, 0.5) is 11.6 Å². The van der Waals surface area contributed by atoms with Gasteiger partial charge in [-0.25, -0.2) is 9.97 Å². The molecule has 0 fully saturated rings. The van der Waals surface area contributed by atoms with E-state index in [0.29, 0.717) is 5.95 Å². The number of halogens is 1. The Morgan fingerprint density at radius 3 is 2.94 bits per heavy atom. The van der Waals surface area contributed by atoms with Crippen molar-refractivity contribution < 1.29 is 4.74 Å². The summed E-state index contributed by atoms with van der Waals surface area (Å²) in [6.45, 7) is 0. The average molecular weight is 326 g/mol. The standard InChI is InChI=1S/C12H12BrN3OS/c1-17-9-5-3-4-8(6-9)15-12-14-7-10(13)11(16-12)18-2/h3-7H,1-2H3,(H,14,15,16). The van der Waals surface area contributed by atoms with Crippen LogP contribution in [-0.2, 0) is 0 Å². The Kier molecular flexibility index (Phi) is 4.43. The van der Waals surface area contributed by atoms with E-state index in [9.17, 15) is 0 Å². The fraction of sp³-hybridized carbons (Fsp3) is 0.167. The van der Waals surface area contributed by atoms with Gasteiger partial charge in [-0.3, -0.25) is 0 Å². The Morgan fingerprint density at radius 2 is 2.22 bits per heavy atom. The molecule has 0 unspecified atom stereocenters. The van der Waals surface area contributed by atoms with Gasteiger partial charge in [0.2, 0.25) is 5.95 Å². The molecule has 0 saturated carbocycles. The fourth-order valence-electron chi connectivity index (χ4n) is 1.38. The maximum atomic E-state index is 5.16. The molecule has 1 aromatic heterocycles. The van der Waals surface area contributed by atoms with E-state index in [-0.39, 0.29) is 0 Å². The molecule has 0 atom stereocenters. The molecule has 1 aromatic carbocycles. The number of thioether (sulfide) groups is 1. The first-order valence-corrected chi connectivity index (χ1v) is 7.22. The Balaban J connectivity index is 2.22. The second kappa shape index (κ2) is 6.06. The summed E-state index contributed by atoms with van der Waals surface area (Å²) in [4.78, 5) is 8.61. The van der Waals surface area contributed by atoms with Gasteiger partial charge >= 0.3 is 0 Å². The lowest BCUT2D eigenvalue weighted by molar-refractivity contribution is 0.415. The zero-order chi connectivity index (χ0) is 13.0. The van der Waals surface area contributed by atoms with Crippen LogP contribution in [0.3, 0.4) is 0 Å². The molecule has 1 N–H and O–H groups in total. The van der Waals surface area contributed by atoms with E-state index in [2.05, 4.69) is 31.2 Å². The monoisotopic (exact) mass is 325 g/mol. The summed E-state index contributed by atoms with van der Waals surface area (Å²) in [5.41, 5.74) is 0.892. The summed E-state index contributed by atoms with van der Waals surface area (Å²) in [7, 11) is 1.64. The fourth-order valence-corrected chi connectivity index (χ4v) is 2.49. The summed E-state index contributed by atoms with van der Waals surface area (Å²) in [5, 5.41) is 4.04. The first kappa shape index (κ1) is 13.2.